The average Bonchev–Trinajstić information content (AvgIpc) is 3.92. The largest absolute Gasteiger partial charge is 0.461 e. The Balaban J connectivity index is 1.18. The number of ether oxygens (including phenoxy) is 6. The van der Waals surface area contributed by atoms with Gasteiger partial charge >= 0.3 is 35.9 Å². The smallest absolute Gasteiger partial charge is 0.338 e. The number of benzene rings is 3. The van der Waals surface area contributed by atoms with E-state index in [0.29, 0.717) is 11.3 Å². The van der Waals surface area contributed by atoms with E-state index in [-0.39, 0.29) is 53.8 Å². The molecule has 392 valence electrons. The molecule has 20 heteroatoms. The van der Waals surface area contributed by atoms with Crippen molar-refractivity contribution < 1.29 is 77.0 Å². The number of carbonyl (C=O) groups excluding carboxylic acids is 8. The molecular weight excluding hydrogens is 979 g/mol. The van der Waals surface area contributed by atoms with Gasteiger partial charge in [0.2, 0.25) is 0 Å². The van der Waals surface area contributed by atoms with Crippen LogP contribution in [0.2, 0.25) is 0 Å². The maximum absolute atomic E-state index is 16.3. The van der Waals surface area contributed by atoms with Gasteiger partial charge < -0.3 is 54.6 Å². The predicted molar refractivity (Wildman–Crippen MR) is 262 cm³/mol. The van der Waals surface area contributed by atoms with E-state index in [2.05, 4.69) is 16.0 Å². The van der Waals surface area contributed by atoms with Crippen molar-refractivity contribution in [2.75, 3.05) is 12.4 Å². The van der Waals surface area contributed by atoms with Crippen LogP contribution in [0.4, 0.5) is 4.79 Å². The van der Waals surface area contributed by atoms with E-state index in [4.69, 9.17) is 28.4 Å². The van der Waals surface area contributed by atoms with Crippen LogP contribution in [0.25, 0.3) is 0 Å². The molecule has 3 aromatic carbocycles. The number of carbonyl (C=O) groups is 8. The lowest BCUT2D eigenvalue weighted by Crippen LogP contribution is -2.82. The molecular formula is C54H59N3O16S. The van der Waals surface area contributed by atoms with Crippen LogP contribution in [0.1, 0.15) is 93.1 Å². The Labute approximate surface area is 430 Å². The number of aliphatic hydroxyl groups excluding tert-OH is 1. The van der Waals surface area contributed by atoms with Crippen LogP contribution in [0, 0.1) is 16.7 Å². The third kappa shape index (κ3) is 9.02. The van der Waals surface area contributed by atoms with Crippen molar-refractivity contribution in [2.45, 2.75) is 132 Å². The van der Waals surface area contributed by atoms with Gasteiger partial charge in [0.25, 0.3) is 5.91 Å². The van der Waals surface area contributed by atoms with Gasteiger partial charge in [-0.2, -0.15) is 11.8 Å². The first-order chi connectivity index (χ1) is 35.1. The number of esters is 5. The third-order valence-electron chi connectivity index (χ3n) is 16.0. The topological polar surface area (TPSA) is 268 Å². The number of rotatable bonds is 13. The van der Waals surface area contributed by atoms with Gasteiger partial charge in [0.1, 0.15) is 30.0 Å². The van der Waals surface area contributed by atoms with Crippen molar-refractivity contribution in [1.82, 2.24) is 16.0 Å². The number of nitrogens with one attached hydrogen (secondary N) is 3. The van der Waals surface area contributed by atoms with Gasteiger partial charge in [0.15, 0.2) is 23.6 Å². The Morgan fingerprint density at radius 3 is 2.08 bits per heavy atom. The molecule has 5 fully saturated rings. The van der Waals surface area contributed by atoms with Gasteiger partial charge in [-0.3, -0.25) is 24.0 Å². The average molecular weight is 1040 g/mol. The maximum atomic E-state index is 16.3. The summed E-state index contributed by atoms with van der Waals surface area (Å²) in [5, 5.41) is 34.1. The minimum Gasteiger partial charge on any atom is -0.461 e. The summed E-state index contributed by atoms with van der Waals surface area (Å²) in [4.78, 5) is 113. The van der Waals surface area contributed by atoms with E-state index in [9.17, 15) is 43.8 Å². The van der Waals surface area contributed by atoms with E-state index in [1.54, 1.807) is 92.7 Å². The van der Waals surface area contributed by atoms with Gasteiger partial charge in [-0.1, -0.05) is 80.6 Å². The number of hydrogen-bond acceptors (Lipinski definition) is 17. The number of urea groups is 1. The Hall–Kier alpha value is -6.61. The van der Waals surface area contributed by atoms with Crippen LogP contribution in [-0.4, -0.2) is 135 Å². The maximum Gasteiger partial charge on any atom is 0.338 e. The highest BCUT2D eigenvalue weighted by atomic mass is 32.2. The lowest BCUT2D eigenvalue weighted by atomic mass is 9.44. The molecule has 3 amide bonds. The zero-order chi connectivity index (χ0) is 53.1. The molecule has 4 unspecified atom stereocenters. The molecule has 9 rings (SSSR count). The summed E-state index contributed by atoms with van der Waals surface area (Å²) in [6.07, 6.45) is -11.1. The summed E-state index contributed by atoms with van der Waals surface area (Å²) in [6.45, 7) is 7.90. The summed E-state index contributed by atoms with van der Waals surface area (Å²) < 4.78 is 37.6. The van der Waals surface area contributed by atoms with Crippen LogP contribution in [0.15, 0.2) is 102 Å². The standard InChI is InChI=1S/C54H59N3O16S/c1-27-34(70-49(65)42(61)40(30-16-10-7-11-17-30)56-47(63)31-18-12-8-13-19-31)24-54(67)46(72-48(64)32-20-14-9-15-21-32)44-52(6,45(62)43(69-28(2)58)39(27)51(54,4)5)36(23-37-53(44,26-68-37)73-29(3)59)71-38(60)22-35-41-33(25-74-35)55-50(66)57-41/h7-21,33-37,40-44,46,61,67H,22-26H2,1-6H3,(H,56,63)(H2,55,57,66)/t33-,34-,35?,36?,37+,40-,41-,42+,43+,44?,46?,52+,53-,54+/m0/s1. The number of ketones is 1. The quantitative estimate of drug-likeness (QED) is 0.0704. The molecule has 2 saturated carbocycles. The highest BCUT2D eigenvalue weighted by Crippen LogP contribution is 2.65. The molecule has 5 N–H and O–H groups in total. The molecule has 74 heavy (non-hydrogen) atoms. The Morgan fingerprint density at radius 1 is 0.838 bits per heavy atom. The molecule has 14 atom stereocenters. The van der Waals surface area contributed by atoms with E-state index >= 15 is 4.79 Å². The van der Waals surface area contributed by atoms with Gasteiger partial charge in [0.05, 0.1) is 48.0 Å². The summed E-state index contributed by atoms with van der Waals surface area (Å²) >= 11 is 1.45. The van der Waals surface area contributed by atoms with E-state index in [0.717, 1.165) is 13.8 Å². The number of aliphatic hydroxyl groups is 2. The second-order valence-electron chi connectivity index (χ2n) is 20.6. The van der Waals surface area contributed by atoms with Crippen LogP contribution >= 0.6 is 11.8 Å². The molecule has 3 saturated heterocycles. The Kier molecular flexibility index (Phi) is 14.1. The molecule has 6 aliphatic rings. The number of hydrogen-bond donors (Lipinski definition) is 5. The fourth-order valence-corrected chi connectivity index (χ4v) is 13.7. The summed E-state index contributed by atoms with van der Waals surface area (Å²) in [7, 11) is 0. The van der Waals surface area contributed by atoms with Gasteiger partial charge in [0, 0.05) is 48.7 Å². The van der Waals surface area contributed by atoms with E-state index < -0.39 is 130 Å². The van der Waals surface area contributed by atoms with Crippen molar-refractivity contribution in [2.24, 2.45) is 16.7 Å². The second-order valence-corrected chi connectivity index (χ2v) is 21.9. The summed E-state index contributed by atoms with van der Waals surface area (Å²) in [6, 6.07) is 21.8. The predicted octanol–water partition coefficient (Wildman–Crippen LogP) is 3.84. The van der Waals surface area contributed by atoms with Crippen LogP contribution in [-0.2, 0) is 52.4 Å². The van der Waals surface area contributed by atoms with Crippen molar-refractivity contribution >= 4 is 59.3 Å². The Bertz CT molecular complexity index is 2780. The number of amides is 3. The molecule has 3 aromatic rings. The van der Waals surface area contributed by atoms with Crippen molar-refractivity contribution in [1.29, 1.82) is 0 Å². The van der Waals surface area contributed by atoms with Crippen LogP contribution in [0.3, 0.4) is 0 Å². The normalized spacial score (nSPS) is 33.2. The first-order valence-electron chi connectivity index (χ1n) is 24.5. The zero-order valence-corrected chi connectivity index (χ0v) is 42.4. The van der Waals surface area contributed by atoms with E-state index in [1.807, 2.05) is 0 Å². The van der Waals surface area contributed by atoms with Crippen molar-refractivity contribution in [3.63, 3.8) is 0 Å². The number of thioether (sulfide) groups is 1. The van der Waals surface area contributed by atoms with Gasteiger partial charge in [-0.25, -0.2) is 14.4 Å². The molecule has 3 aliphatic carbocycles. The van der Waals surface area contributed by atoms with Crippen LogP contribution in [0.5, 0.6) is 0 Å². The van der Waals surface area contributed by atoms with Gasteiger partial charge in [-0.05, 0) is 54.8 Å². The molecule has 0 spiro atoms. The lowest BCUT2D eigenvalue weighted by Gasteiger charge is -2.67. The minimum absolute atomic E-state index is 0.0303. The van der Waals surface area contributed by atoms with E-state index in [1.165, 1.54) is 37.7 Å². The Morgan fingerprint density at radius 2 is 1.47 bits per heavy atom. The van der Waals surface area contributed by atoms with Crippen molar-refractivity contribution in [3.05, 3.63) is 119 Å². The summed E-state index contributed by atoms with van der Waals surface area (Å²) in [5.74, 6) is -7.40. The molecule has 0 aromatic heterocycles. The minimum atomic E-state index is -2.49. The second kappa shape index (κ2) is 19.9. The SMILES string of the molecule is CC(=O)O[C@H]1C(=O)[C@]2(C)C(OC(=O)CC3SC[C@@H]4NC(=O)N[C@H]34)C[C@H]3OC[C@@]3(OC(C)=O)C2C(OC(=O)c2ccccc2)[C@]2(O)C[C@H](OC(=O)[C@H](O)[C@@H](NC(=O)c3ccccc3)c3ccccc3)C(C)=C1C2(C)C. The van der Waals surface area contributed by atoms with Crippen molar-refractivity contribution in [3.8, 4) is 0 Å². The van der Waals surface area contributed by atoms with Crippen LogP contribution < -0.4 is 16.0 Å². The van der Waals surface area contributed by atoms with Gasteiger partial charge in [-0.15, -0.1) is 0 Å². The lowest BCUT2D eigenvalue weighted by molar-refractivity contribution is -0.346. The zero-order valence-electron chi connectivity index (χ0n) is 41.6. The monoisotopic (exact) mass is 1040 g/mol. The molecule has 2 bridgehead atoms. The fraction of sp³-hybridized carbons (Fsp3) is 0.481. The number of fused-ring (bicyclic) bond motifs is 6. The molecule has 3 heterocycles. The highest BCUT2D eigenvalue weighted by Gasteiger charge is 2.79. The molecule has 19 nitrogen and oxygen atoms in total. The fourth-order valence-electron chi connectivity index (χ4n) is 12.3. The number of Topliss-reactive ketones (excluding diaryl/α,β-unsaturated/α-hetero) is 1. The highest BCUT2D eigenvalue weighted by molar-refractivity contribution is 8.00. The first-order valence-corrected chi connectivity index (χ1v) is 25.5. The molecule has 0 radical (unpaired) electrons. The molecule has 3 aliphatic heterocycles. The summed E-state index contributed by atoms with van der Waals surface area (Å²) in [5.41, 5.74) is -7.59. The third-order valence-corrected chi connectivity index (χ3v) is 17.5. The first kappa shape index (κ1) is 52.3.